The Morgan fingerprint density at radius 1 is 1.35 bits per heavy atom. The zero-order chi connectivity index (χ0) is 15.3. The van der Waals surface area contributed by atoms with Gasteiger partial charge in [0, 0.05) is 5.69 Å². The lowest BCUT2D eigenvalue weighted by molar-refractivity contribution is -0.141. The van der Waals surface area contributed by atoms with E-state index in [1.165, 1.54) is 6.07 Å². The molecular weight excluding hydrogens is 258 g/mol. The Morgan fingerprint density at radius 3 is 2.50 bits per heavy atom. The minimum Gasteiger partial charge on any atom is -0.480 e. The summed E-state index contributed by atoms with van der Waals surface area (Å²) in [5.74, 6) is -1.10. The zero-order valence-corrected chi connectivity index (χ0v) is 11.6. The third-order valence-corrected chi connectivity index (χ3v) is 2.64. The molecule has 0 heterocycles. The van der Waals surface area contributed by atoms with Gasteiger partial charge in [0.1, 0.15) is 6.04 Å². The van der Waals surface area contributed by atoms with E-state index in [0.29, 0.717) is 11.3 Å². The molecule has 2 amide bonds. The first-order chi connectivity index (χ1) is 9.24. The molecule has 20 heavy (non-hydrogen) atoms. The molecule has 0 saturated carbocycles. The highest BCUT2D eigenvalue weighted by atomic mass is 16.4. The molecule has 1 atom stereocenters. The Kier molecular flexibility index (Phi) is 4.70. The summed E-state index contributed by atoms with van der Waals surface area (Å²) in [7, 11) is 0. The number of anilines is 1. The van der Waals surface area contributed by atoms with E-state index < -0.39 is 23.5 Å². The minimum atomic E-state index is -1.10. The summed E-state index contributed by atoms with van der Waals surface area (Å²) in [4.78, 5) is 23.0. The van der Waals surface area contributed by atoms with Crippen molar-refractivity contribution < 1.29 is 14.7 Å². The largest absolute Gasteiger partial charge is 0.480 e. The number of rotatable bonds is 3. The number of hydrogen-bond donors (Lipinski definition) is 3. The maximum absolute atomic E-state index is 11.8. The molecular formula is C14H17N3O3. The number of aliphatic carboxylic acids is 1. The summed E-state index contributed by atoms with van der Waals surface area (Å²) in [5.41, 5.74) is 0.227. The molecule has 0 unspecified atom stereocenters. The van der Waals surface area contributed by atoms with Gasteiger partial charge >= 0.3 is 12.0 Å². The van der Waals surface area contributed by atoms with Gasteiger partial charge in [0.2, 0.25) is 0 Å². The molecule has 0 bridgehead atoms. The number of nitrogens with one attached hydrogen (secondary N) is 2. The predicted molar refractivity (Wildman–Crippen MR) is 74.2 cm³/mol. The number of hydrogen-bond acceptors (Lipinski definition) is 3. The highest BCUT2D eigenvalue weighted by molar-refractivity contribution is 5.92. The fraction of sp³-hybridized carbons (Fsp3) is 0.357. The van der Waals surface area contributed by atoms with E-state index in [1.54, 1.807) is 39.0 Å². The first-order valence-electron chi connectivity index (χ1n) is 6.04. The van der Waals surface area contributed by atoms with Gasteiger partial charge in [-0.2, -0.15) is 5.26 Å². The first-order valence-corrected chi connectivity index (χ1v) is 6.04. The molecule has 0 aliphatic heterocycles. The second-order valence-electron chi connectivity index (χ2n) is 5.43. The number of urea groups is 1. The van der Waals surface area contributed by atoms with Gasteiger partial charge in [-0.05, 0) is 23.6 Å². The number of carbonyl (C=O) groups excluding carboxylic acids is 1. The number of benzene rings is 1. The standard InChI is InChI=1S/C14H17N3O3/c1-14(2,3)11(12(18)19)17-13(20)16-10-6-4-5-9(7-10)8-15/h4-7,11H,1-3H3,(H,18,19)(H2,16,17,20)/t11-/m0/s1. The smallest absolute Gasteiger partial charge is 0.326 e. The topological polar surface area (TPSA) is 102 Å². The molecule has 0 aromatic heterocycles. The van der Waals surface area contributed by atoms with Gasteiger partial charge < -0.3 is 15.7 Å². The number of carboxylic acid groups (broad SMARTS) is 1. The van der Waals surface area contributed by atoms with Crippen molar-refractivity contribution in [2.75, 3.05) is 5.32 Å². The SMILES string of the molecule is CC(C)(C)[C@@H](NC(=O)Nc1cccc(C#N)c1)C(=O)O. The van der Waals surface area contributed by atoms with Crippen LogP contribution in [-0.4, -0.2) is 23.1 Å². The van der Waals surface area contributed by atoms with Crippen molar-refractivity contribution in [2.45, 2.75) is 26.8 Å². The minimum absolute atomic E-state index is 0.411. The Labute approximate surface area is 117 Å². The average molecular weight is 275 g/mol. The molecule has 0 aliphatic carbocycles. The van der Waals surface area contributed by atoms with Gasteiger partial charge in [-0.3, -0.25) is 0 Å². The Morgan fingerprint density at radius 2 is 2.00 bits per heavy atom. The summed E-state index contributed by atoms with van der Waals surface area (Å²) in [5, 5.41) is 22.8. The highest BCUT2D eigenvalue weighted by Gasteiger charge is 2.32. The lowest BCUT2D eigenvalue weighted by Crippen LogP contribution is -2.50. The summed E-state index contributed by atoms with van der Waals surface area (Å²) in [6.45, 7) is 5.17. The van der Waals surface area contributed by atoms with Crippen molar-refractivity contribution >= 4 is 17.7 Å². The van der Waals surface area contributed by atoms with Crippen molar-refractivity contribution in [1.82, 2.24) is 5.32 Å². The highest BCUT2D eigenvalue weighted by Crippen LogP contribution is 2.19. The van der Waals surface area contributed by atoms with E-state index in [2.05, 4.69) is 10.6 Å². The maximum Gasteiger partial charge on any atom is 0.326 e. The van der Waals surface area contributed by atoms with E-state index in [4.69, 9.17) is 10.4 Å². The Hall–Kier alpha value is -2.55. The van der Waals surface area contributed by atoms with E-state index in [1.807, 2.05) is 6.07 Å². The van der Waals surface area contributed by atoms with E-state index in [9.17, 15) is 9.59 Å². The fourth-order valence-corrected chi connectivity index (χ4v) is 1.61. The second kappa shape index (κ2) is 6.06. The van der Waals surface area contributed by atoms with Gasteiger partial charge in [-0.25, -0.2) is 9.59 Å². The van der Waals surface area contributed by atoms with Crippen LogP contribution in [0.2, 0.25) is 0 Å². The van der Waals surface area contributed by atoms with Gasteiger partial charge in [0.25, 0.3) is 0 Å². The molecule has 0 saturated heterocycles. The molecule has 0 fully saturated rings. The summed E-state index contributed by atoms with van der Waals surface area (Å²) < 4.78 is 0. The van der Waals surface area contributed by atoms with Crippen molar-refractivity contribution in [3.8, 4) is 6.07 Å². The molecule has 106 valence electrons. The Bertz CT molecular complexity index is 556. The molecule has 1 aromatic rings. The fourth-order valence-electron chi connectivity index (χ4n) is 1.61. The molecule has 1 aromatic carbocycles. The maximum atomic E-state index is 11.8. The summed E-state index contributed by atoms with van der Waals surface area (Å²) in [6, 6.07) is 6.69. The van der Waals surface area contributed by atoms with Crippen molar-refractivity contribution in [3.63, 3.8) is 0 Å². The molecule has 0 radical (unpaired) electrons. The van der Waals surface area contributed by atoms with Crippen molar-refractivity contribution in [1.29, 1.82) is 5.26 Å². The number of nitrogens with zero attached hydrogens (tertiary/aromatic N) is 1. The quantitative estimate of drug-likeness (QED) is 0.786. The normalized spacial score (nSPS) is 12.1. The number of nitriles is 1. The molecule has 6 nitrogen and oxygen atoms in total. The molecule has 0 aliphatic rings. The van der Waals surface area contributed by atoms with Crippen molar-refractivity contribution in [3.05, 3.63) is 29.8 Å². The number of amides is 2. The monoisotopic (exact) mass is 275 g/mol. The number of carboxylic acids is 1. The van der Waals surface area contributed by atoms with Gasteiger partial charge in [0.05, 0.1) is 11.6 Å². The van der Waals surface area contributed by atoms with Crippen LogP contribution in [0.15, 0.2) is 24.3 Å². The van der Waals surface area contributed by atoms with Crippen molar-refractivity contribution in [2.24, 2.45) is 5.41 Å². The lowest BCUT2D eigenvalue weighted by Gasteiger charge is -2.27. The average Bonchev–Trinajstić information content (AvgIpc) is 2.34. The molecule has 0 spiro atoms. The second-order valence-corrected chi connectivity index (χ2v) is 5.43. The molecule has 1 rings (SSSR count). The van der Waals surface area contributed by atoms with Crippen LogP contribution >= 0.6 is 0 Å². The van der Waals surface area contributed by atoms with E-state index in [-0.39, 0.29) is 0 Å². The third kappa shape index (κ3) is 4.28. The third-order valence-electron chi connectivity index (χ3n) is 2.64. The van der Waals surface area contributed by atoms with Crippen LogP contribution in [0.1, 0.15) is 26.3 Å². The van der Waals surface area contributed by atoms with Crippen LogP contribution in [0.4, 0.5) is 10.5 Å². The van der Waals surface area contributed by atoms with Crippen LogP contribution in [0, 0.1) is 16.7 Å². The summed E-state index contributed by atoms with van der Waals surface area (Å²) >= 11 is 0. The first kappa shape index (κ1) is 15.5. The predicted octanol–water partition coefficient (Wildman–Crippen LogP) is 2.18. The lowest BCUT2D eigenvalue weighted by atomic mass is 9.87. The molecule has 6 heteroatoms. The number of carbonyl (C=O) groups is 2. The van der Waals surface area contributed by atoms with E-state index in [0.717, 1.165) is 0 Å². The van der Waals surface area contributed by atoms with Crippen LogP contribution in [0.5, 0.6) is 0 Å². The van der Waals surface area contributed by atoms with Crippen LogP contribution in [0.25, 0.3) is 0 Å². The van der Waals surface area contributed by atoms with Gasteiger partial charge in [0.15, 0.2) is 0 Å². The van der Waals surface area contributed by atoms with Gasteiger partial charge in [-0.1, -0.05) is 26.8 Å². The van der Waals surface area contributed by atoms with Crippen LogP contribution in [0.3, 0.4) is 0 Å². The van der Waals surface area contributed by atoms with Crippen LogP contribution in [-0.2, 0) is 4.79 Å². The zero-order valence-electron chi connectivity index (χ0n) is 11.6. The van der Waals surface area contributed by atoms with Crippen LogP contribution < -0.4 is 10.6 Å². The summed E-state index contributed by atoms with van der Waals surface area (Å²) in [6.07, 6.45) is 0. The van der Waals surface area contributed by atoms with E-state index >= 15 is 0 Å². The van der Waals surface area contributed by atoms with Gasteiger partial charge in [-0.15, -0.1) is 0 Å². The Balaban J connectivity index is 2.76. The molecule has 3 N–H and O–H groups in total.